The van der Waals surface area contributed by atoms with Crippen LogP contribution in [-0.4, -0.2) is 32.0 Å². The number of rotatable bonds is 5. The van der Waals surface area contributed by atoms with Gasteiger partial charge in [0.05, 0.1) is 5.56 Å². The average molecular weight is 500 g/mol. The Hall–Kier alpha value is -3.78. The lowest BCUT2D eigenvalue weighted by Crippen LogP contribution is -2.27. The van der Waals surface area contributed by atoms with Gasteiger partial charge in [-0.3, -0.25) is 4.79 Å². The van der Waals surface area contributed by atoms with Crippen molar-refractivity contribution in [2.75, 3.05) is 30.9 Å². The minimum atomic E-state index is -4.46. The highest BCUT2D eigenvalue weighted by atomic mass is 35.5. The third-order valence-corrected chi connectivity index (χ3v) is 5.71. The summed E-state index contributed by atoms with van der Waals surface area (Å²) < 4.78 is 44.9. The molecular weight excluding hydrogens is 479 g/mol. The lowest BCUT2D eigenvalue weighted by Gasteiger charge is -2.17. The van der Waals surface area contributed by atoms with E-state index in [2.05, 4.69) is 4.98 Å². The van der Waals surface area contributed by atoms with Crippen LogP contribution in [0, 0.1) is 0 Å². The molecule has 0 fully saturated rings. The number of hydrogen-bond acceptors (Lipinski definition) is 4. The largest absolute Gasteiger partial charge is 0.435 e. The van der Waals surface area contributed by atoms with E-state index in [1.165, 1.54) is 17.0 Å². The van der Waals surface area contributed by atoms with E-state index in [0.29, 0.717) is 21.8 Å². The zero-order valence-electron chi connectivity index (χ0n) is 19.1. The quantitative estimate of drug-likeness (QED) is 0.296. The van der Waals surface area contributed by atoms with Crippen molar-refractivity contribution in [3.63, 3.8) is 0 Å². The summed E-state index contributed by atoms with van der Waals surface area (Å²) in [4.78, 5) is 21.2. The van der Waals surface area contributed by atoms with Crippen molar-refractivity contribution < 1.29 is 22.4 Å². The summed E-state index contributed by atoms with van der Waals surface area (Å²) >= 11 is 5.96. The lowest BCUT2D eigenvalue weighted by atomic mass is 10.1. The summed E-state index contributed by atoms with van der Waals surface area (Å²) in [5.74, 6) is -0.185. The first-order valence-electron chi connectivity index (χ1n) is 10.5. The van der Waals surface area contributed by atoms with Crippen molar-refractivity contribution in [3.8, 4) is 22.8 Å². The monoisotopic (exact) mass is 499 g/mol. The maximum absolute atomic E-state index is 13.4. The van der Waals surface area contributed by atoms with Crippen LogP contribution in [0.5, 0.6) is 0 Å². The van der Waals surface area contributed by atoms with E-state index in [1.807, 2.05) is 31.1 Å². The highest BCUT2D eigenvalue weighted by Gasteiger charge is 2.31. The Morgan fingerprint density at radius 1 is 0.829 bits per heavy atom. The molecular formula is C26H21ClF3N3O2. The van der Waals surface area contributed by atoms with Gasteiger partial charge in [0.25, 0.3) is 5.91 Å². The number of amides is 1. The Labute approximate surface area is 205 Å². The molecule has 0 atom stereocenters. The fourth-order valence-corrected chi connectivity index (χ4v) is 3.56. The summed E-state index contributed by atoms with van der Waals surface area (Å²) in [6.45, 7) is 0. The van der Waals surface area contributed by atoms with Gasteiger partial charge in [0.15, 0.2) is 11.5 Å². The van der Waals surface area contributed by atoms with Crippen molar-refractivity contribution in [1.29, 1.82) is 0 Å². The second kappa shape index (κ2) is 9.46. The molecule has 9 heteroatoms. The predicted molar refractivity (Wildman–Crippen MR) is 131 cm³/mol. The topological polar surface area (TPSA) is 49.6 Å². The van der Waals surface area contributed by atoms with Gasteiger partial charge in [0.1, 0.15) is 0 Å². The molecule has 1 aromatic heterocycles. The van der Waals surface area contributed by atoms with Crippen LogP contribution in [0.2, 0.25) is 5.02 Å². The summed E-state index contributed by atoms with van der Waals surface area (Å²) in [6.07, 6.45) is -4.46. The van der Waals surface area contributed by atoms with E-state index in [9.17, 15) is 18.0 Å². The molecule has 0 saturated heterocycles. The van der Waals surface area contributed by atoms with Crippen molar-refractivity contribution in [1.82, 2.24) is 4.98 Å². The minimum Gasteiger partial charge on any atom is -0.435 e. The van der Waals surface area contributed by atoms with Crippen LogP contribution in [-0.2, 0) is 6.18 Å². The maximum Gasteiger partial charge on any atom is 0.416 e. The van der Waals surface area contributed by atoms with E-state index in [4.69, 9.17) is 16.0 Å². The Kier molecular flexibility index (Phi) is 6.58. The van der Waals surface area contributed by atoms with E-state index in [-0.39, 0.29) is 17.3 Å². The van der Waals surface area contributed by atoms with E-state index < -0.39 is 17.6 Å². The number of halogens is 4. The summed E-state index contributed by atoms with van der Waals surface area (Å²) in [7, 11) is 5.40. The van der Waals surface area contributed by atoms with Crippen LogP contribution in [0.25, 0.3) is 22.8 Å². The van der Waals surface area contributed by atoms with Gasteiger partial charge in [-0.25, -0.2) is 4.98 Å². The number of carbonyl (C=O) groups is 1. The molecule has 4 rings (SSSR count). The second-order valence-electron chi connectivity index (χ2n) is 8.05. The first-order valence-corrected chi connectivity index (χ1v) is 10.9. The molecule has 3 aromatic carbocycles. The van der Waals surface area contributed by atoms with Crippen molar-refractivity contribution >= 4 is 28.9 Å². The molecule has 0 aliphatic rings. The molecule has 180 valence electrons. The van der Waals surface area contributed by atoms with Crippen LogP contribution in [0.1, 0.15) is 16.1 Å². The molecule has 0 N–H and O–H groups in total. The first kappa shape index (κ1) is 24.3. The molecule has 0 aliphatic carbocycles. The van der Waals surface area contributed by atoms with Gasteiger partial charge < -0.3 is 14.2 Å². The van der Waals surface area contributed by atoms with Gasteiger partial charge >= 0.3 is 6.18 Å². The number of nitrogens with zero attached hydrogens (tertiary/aromatic N) is 3. The fourth-order valence-electron chi connectivity index (χ4n) is 3.44. The van der Waals surface area contributed by atoms with Crippen LogP contribution < -0.4 is 9.80 Å². The summed E-state index contributed by atoms with van der Waals surface area (Å²) in [5.41, 5.74) is 1.71. The SMILES string of the molecule is CN(C)c1ccc(-c2oc(-c3ccc(C(F)(F)F)cc3)nc2C(=O)N(C)c2ccc(Cl)cc2)cc1. The van der Waals surface area contributed by atoms with E-state index in [1.54, 1.807) is 43.4 Å². The molecule has 1 heterocycles. The smallest absolute Gasteiger partial charge is 0.416 e. The van der Waals surface area contributed by atoms with E-state index >= 15 is 0 Å². The number of hydrogen-bond donors (Lipinski definition) is 0. The predicted octanol–water partition coefficient (Wildman–Crippen LogP) is 7.02. The van der Waals surface area contributed by atoms with Crippen LogP contribution in [0.4, 0.5) is 24.5 Å². The molecule has 0 unspecified atom stereocenters. The van der Waals surface area contributed by atoms with Crippen molar-refractivity contribution in [3.05, 3.63) is 89.1 Å². The molecule has 1 amide bonds. The molecule has 0 spiro atoms. The normalized spacial score (nSPS) is 11.4. The minimum absolute atomic E-state index is 0.0370. The Morgan fingerprint density at radius 2 is 1.37 bits per heavy atom. The van der Waals surface area contributed by atoms with Gasteiger partial charge in [-0.05, 0) is 72.8 Å². The first-order chi connectivity index (χ1) is 16.5. The second-order valence-corrected chi connectivity index (χ2v) is 8.49. The molecule has 0 radical (unpaired) electrons. The fraction of sp³-hybridized carbons (Fsp3) is 0.154. The highest BCUT2D eigenvalue weighted by molar-refractivity contribution is 6.30. The van der Waals surface area contributed by atoms with Crippen molar-refractivity contribution in [2.45, 2.75) is 6.18 Å². The standard InChI is InChI=1S/C26H21ClF3N3O2/c1-32(2)20-12-6-16(7-13-20)23-22(25(34)33(3)21-14-10-19(27)11-15-21)31-24(35-23)17-4-8-18(9-5-17)26(28,29)30/h4-15H,1-3H3. The van der Waals surface area contributed by atoms with Gasteiger partial charge in [-0.15, -0.1) is 0 Å². The van der Waals surface area contributed by atoms with Crippen molar-refractivity contribution in [2.24, 2.45) is 0 Å². The number of aromatic nitrogens is 1. The lowest BCUT2D eigenvalue weighted by molar-refractivity contribution is -0.137. The highest BCUT2D eigenvalue weighted by Crippen LogP contribution is 2.34. The molecule has 0 bridgehead atoms. The Balaban J connectivity index is 1.78. The van der Waals surface area contributed by atoms with Crippen LogP contribution in [0.3, 0.4) is 0 Å². The number of anilines is 2. The zero-order valence-corrected chi connectivity index (χ0v) is 19.9. The Bertz CT molecular complexity index is 1330. The number of benzene rings is 3. The Morgan fingerprint density at radius 3 is 1.91 bits per heavy atom. The molecule has 35 heavy (non-hydrogen) atoms. The van der Waals surface area contributed by atoms with Gasteiger partial charge in [0.2, 0.25) is 5.89 Å². The summed E-state index contributed by atoms with van der Waals surface area (Å²) in [5, 5.41) is 0.530. The molecule has 5 nitrogen and oxygen atoms in total. The van der Waals surface area contributed by atoms with Crippen LogP contribution >= 0.6 is 11.6 Å². The number of oxazole rings is 1. The molecule has 4 aromatic rings. The zero-order chi connectivity index (χ0) is 25.3. The van der Waals surface area contributed by atoms with Gasteiger partial charge in [0, 0.05) is 48.7 Å². The van der Waals surface area contributed by atoms with Crippen LogP contribution in [0.15, 0.2) is 77.2 Å². The molecule has 0 saturated carbocycles. The average Bonchev–Trinajstić information content (AvgIpc) is 3.29. The third-order valence-electron chi connectivity index (χ3n) is 5.45. The van der Waals surface area contributed by atoms with Gasteiger partial charge in [-0.1, -0.05) is 11.6 Å². The summed E-state index contributed by atoms with van der Waals surface area (Å²) in [6, 6.07) is 18.5. The number of carbonyl (C=O) groups excluding carboxylic acids is 1. The van der Waals surface area contributed by atoms with E-state index in [0.717, 1.165) is 17.8 Å². The van der Waals surface area contributed by atoms with Gasteiger partial charge in [-0.2, -0.15) is 13.2 Å². The number of alkyl halides is 3. The molecule has 0 aliphatic heterocycles. The maximum atomic E-state index is 13.4. The third kappa shape index (κ3) is 5.17.